The van der Waals surface area contributed by atoms with E-state index in [-0.39, 0.29) is 5.69 Å². The summed E-state index contributed by atoms with van der Waals surface area (Å²) in [6.07, 6.45) is 1.48. The van der Waals surface area contributed by atoms with Crippen LogP contribution in [0.4, 0.5) is 0 Å². The molecule has 0 unspecified atom stereocenters. The first-order valence-electron chi connectivity index (χ1n) is 3.83. The molecule has 0 saturated heterocycles. The monoisotopic (exact) mass is 258 g/mol. The van der Waals surface area contributed by atoms with Gasteiger partial charge in [0.25, 0.3) is 0 Å². The molecule has 0 radical (unpaired) electrons. The van der Waals surface area contributed by atoms with Crippen LogP contribution in [-0.2, 0) is 14.1 Å². The van der Waals surface area contributed by atoms with E-state index < -0.39 is 5.69 Å². The van der Waals surface area contributed by atoms with Gasteiger partial charge in [0.2, 0.25) is 0 Å². The Kier molecular flexibility index (Phi) is 1.84. The highest BCUT2D eigenvalue weighted by Gasteiger charge is 2.11. The third-order valence-electron chi connectivity index (χ3n) is 2.06. The zero-order valence-electron chi connectivity index (χ0n) is 7.56. The molecule has 14 heavy (non-hydrogen) atoms. The molecule has 2 aromatic rings. The molecule has 0 aliphatic heterocycles. The molecule has 0 atom stereocenters. The summed E-state index contributed by atoms with van der Waals surface area (Å²) < 4.78 is 4.16. The Balaban J connectivity index is 3.22. The van der Waals surface area contributed by atoms with Crippen molar-refractivity contribution in [3.63, 3.8) is 0 Å². The molecule has 0 fully saturated rings. The topological polar surface area (TPSA) is 61.3 Å². The average Bonchev–Trinajstić information content (AvgIpc) is 2.54. The summed E-state index contributed by atoms with van der Waals surface area (Å²) in [5.74, 6) is 0. The summed E-state index contributed by atoms with van der Waals surface area (Å²) in [5.41, 5.74) is -0.365. The second kappa shape index (κ2) is 2.81. The normalized spacial score (nSPS) is 11.1. The predicted octanol–water partition coefficient (Wildman–Crippen LogP) is -0.506. The molecule has 0 aliphatic carbocycles. The van der Waals surface area contributed by atoms with Gasteiger partial charge in [-0.2, -0.15) is 9.61 Å². The third kappa shape index (κ3) is 0.985. The van der Waals surface area contributed by atoms with Crippen molar-refractivity contribution in [2.24, 2.45) is 14.1 Å². The molecule has 0 bridgehead atoms. The van der Waals surface area contributed by atoms with Gasteiger partial charge in [-0.05, 0) is 15.9 Å². The minimum atomic E-state index is -0.450. The van der Waals surface area contributed by atoms with Gasteiger partial charge in [0.1, 0.15) is 0 Å². The van der Waals surface area contributed by atoms with E-state index in [1.165, 1.54) is 22.3 Å². The summed E-state index contributed by atoms with van der Waals surface area (Å²) in [5, 5.41) is 3.86. The number of hydrogen-bond donors (Lipinski definition) is 0. The summed E-state index contributed by atoms with van der Waals surface area (Å²) in [6.45, 7) is 0. The fourth-order valence-corrected chi connectivity index (χ4v) is 1.83. The smallest absolute Gasteiger partial charge is 0.280 e. The van der Waals surface area contributed by atoms with Gasteiger partial charge in [0.15, 0.2) is 5.65 Å². The van der Waals surface area contributed by atoms with Crippen LogP contribution >= 0.6 is 15.9 Å². The van der Waals surface area contributed by atoms with E-state index in [4.69, 9.17) is 0 Å². The van der Waals surface area contributed by atoms with Crippen LogP contribution in [-0.4, -0.2) is 18.7 Å². The van der Waals surface area contributed by atoms with Crippen molar-refractivity contribution in [1.29, 1.82) is 0 Å². The highest BCUT2D eigenvalue weighted by molar-refractivity contribution is 9.10. The molecule has 0 saturated carbocycles. The molecule has 0 spiro atoms. The molecular formula is C7H7BrN4O2. The van der Waals surface area contributed by atoms with Crippen molar-refractivity contribution in [1.82, 2.24) is 18.7 Å². The maximum absolute atomic E-state index is 11.5. The summed E-state index contributed by atoms with van der Waals surface area (Å²) >= 11 is 3.22. The van der Waals surface area contributed by atoms with Crippen LogP contribution < -0.4 is 11.4 Å². The summed E-state index contributed by atoms with van der Waals surface area (Å²) in [6, 6.07) is 0. The molecule has 74 valence electrons. The van der Waals surface area contributed by atoms with E-state index in [1.807, 2.05) is 0 Å². The van der Waals surface area contributed by atoms with E-state index in [9.17, 15) is 9.59 Å². The zero-order chi connectivity index (χ0) is 10.5. The molecule has 6 nitrogen and oxygen atoms in total. The quantitative estimate of drug-likeness (QED) is 0.640. The second-order valence-corrected chi connectivity index (χ2v) is 3.77. The number of fused-ring (bicyclic) bond motifs is 1. The maximum Gasteiger partial charge on any atom is 0.354 e. The molecule has 7 heteroatoms. The lowest BCUT2D eigenvalue weighted by atomic mass is 10.6. The Morgan fingerprint density at radius 3 is 2.50 bits per heavy atom. The van der Waals surface area contributed by atoms with Gasteiger partial charge in [0.05, 0.1) is 10.7 Å². The number of aromatic nitrogens is 4. The van der Waals surface area contributed by atoms with Gasteiger partial charge in [-0.1, -0.05) is 0 Å². The predicted molar refractivity (Wildman–Crippen MR) is 53.4 cm³/mol. The van der Waals surface area contributed by atoms with Crippen LogP contribution in [0.15, 0.2) is 20.3 Å². The van der Waals surface area contributed by atoms with Gasteiger partial charge in [-0.25, -0.2) is 14.2 Å². The van der Waals surface area contributed by atoms with E-state index in [1.54, 1.807) is 7.05 Å². The summed E-state index contributed by atoms with van der Waals surface area (Å²) in [7, 11) is 3.00. The number of aryl methyl sites for hydroxylation is 1. The van der Waals surface area contributed by atoms with E-state index in [0.29, 0.717) is 10.1 Å². The van der Waals surface area contributed by atoms with Gasteiger partial charge >= 0.3 is 11.4 Å². The molecular weight excluding hydrogens is 252 g/mol. The first-order chi connectivity index (χ1) is 6.54. The number of halogens is 1. The first-order valence-corrected chi connectivity index (χ1v) is 4.62. The molecule has 2 heterocycles. The number of hydrogen-bond acceptors (Lipinski definition) is 3. The highest BCUT2D eigenvalue weighted by Crippen LogP contribution is 2.12. The van der Waals surface area contributed by atoms with Gasteiger partial charge in [0, 0.05) is 14.1 Å². The van der Waals surface area contributed by atoms with Crippen molar-refractivity contribution >= 4 is 21.6 Å². The lowest BCUT2D eigenvalue weighted by Crippen LogP contribution is -2.41. The van der Waals surface area contributed by atoms with Crippen LogP contribution in [0.3, 0.4) is 0 Å². The van der Waals surface area contributed by atoms with E-state index in [2.05, 4.69) is 21.0 Å². The molecule has 0 aromatic carbocycles. The standard InChI is InChI=1S/C7H7BrN4O2/c1-10-5-4(8)3-9-12(5)7(14)11(2)6(10)13/h3H,1-2H3. The Morgan fingerprint density at radius 1 is 1.21 bits per heavy atom. The molecule has 0 aliphatic rings. The highest BCUT2D eigenvalue weighted by atomic mass is 79.9. The van der Waals surface area contributed by atoms with Crippen LogP contribution in [0.5, 0.6) is 0 Å². The van der Waals surface area contributed by atoms with Crippen molar-refractivity contribution in [3.8, 4) is 0 Å². The lowest BCUT2D eigenvalue weighted by Gasteiger charge is -2.03. The maximum atomic E-state index is 11.5. The van der Waals surface area contributed by atoms with Crippen molar-refractivity contribution in [2.75, 3.05) is 0 Å². The van der Waals surface area contributed by atoms with E-state index >= 15 is 0 Å². The SMILES string of the molecule is Cn1c(=O)n(C)c2c(Br)cnn2c1=O. The van der Waals surface area contributed by atoms with Crippen molar-refractivity contribution in [3.05, 3.63) is 31.6 Å². The largest absolute Gasteiger partial charge is 0.354 e. The molecule has 2 aromatic heterocycles. The van der Waals surface area contributed by atoms with Crippen LogP contribution in [0.25, 0.3) is 5.65 Å². The van der Waals surface area contributed by atoms with Gasteiger partial charge in [-0.15, -0.1) is 0 Å². The fourth-order valence-electron chi connectivity index (χ4n) is 1.30. The van der Waals surface area contributed by atoms with Crippen LogP contribution in [0.2, 0.25) is 0 Å². The Bertz CT molecular complexity index is 621. The third-order valence-corrected chi connectivity index (χ3v) is 2.62. The molecule has 0 N–H and O–H groups in total. The Morgan fingerprint density at radius 2 is 1.86 bits per heavy atom. The molecule has 2 rings (SSSR count). The minimum Gasteiger partial charge on any atom is -0.280 e. The van der Waals surface area contributed by atoms with E-state index in [0.717, 1.165) is 4.57 Å². The van der Waals surface area contributed by atoms with Crippen molar-refractivity contribution in [2.45, 2.75) is 0 Å². The lowest BCUT2D eigenvalue weighted by molar-refractivity contribution is 0.629. The second-order valence-electron chi connectivity index (χ2n) is 2.91. The number of nitrogens with zero attached hydrogens (tertiary/aromatic N) is 4. The first kappa shape index (κ1) is 9.20. The average molecular weight is 259 g/mol. The van der Waals surface area contributed by atoms with Crippen molar-refractivity contribution < 1.29 is 0 Å². The molecule has 0 amide bonds. The zero-order valence-corrected chi connectivity index (χ0v) is 9.15. The summed E-state index contributed by atoms with van der Waals surface area (Å²) in [4.78, 5) is 23.1. The Labute approximate surface area is 86.5 Å². The van der Waals surface area contributed by atoms with Gasteiger partial charge in [-0.3, -0.25) is 4.57 Å². The fraction of sp³-hybridized carbons (Fsp3) is 0.286. The minimum absolute atomic E-state index is 0.372. The van der Waals surface area contributed by atoms with Crippen LogP contribution in [0, 0.1) is 0 Å². The van der Waals surface area contributed by atoms with Crippen LogP contribution in [0.1, 0.15) is 0 Å². The Hall–Kier alpha value is -1.37. The number of rotatable bonds is 0. The van der Waals surface area contributed by atoms with Gasteiger partial charge < -0.3 is 0 Å².